The monoisotopic (exact) mass is 525 g/mol. The second-order valence-corrected chi connectivity index (χ2v) is 10.8. The summed E-state index contributed by atoms with van der Waals surface area (Å²) in [7, 11) is 0. The number of aryl methyl sites for hydroxylation is 4. The largest absolute Gasteiger partial charge is 0.444 e. The maximum atomic E-state index is 14.0. The van der Waals surface area contributed by atoms with Crippen LogP contribution in [0, 0.1) is 27.7 Å². The number of unbranched alkanes of at least 4 members (excludes halogenated alkanes) is 1. The van der Waals surface area contributed by atoms with Crippen LogP contribution in [0.25, 0.3) is 0 Å². The summed E-state index contributed by atoms with van der Waals surface area (Å²) in [5, 5.41) is 15.6. The van der Waals surface area contributed by atoms with Crippen molar-refractivity contribution in [2.24, 2.45) is 0 Å². The highest BCUT2D eigenvalue weighted by molar-refractivity contribution is 6.00. The summed E-state index contributed by atoms with van der Waals surface area (Å²) in [6.45, 7) is 14.4. The number of alkyl carbamates (subject to hydrolysis) is 1. The highest BCUT2D eigenvalue weighted by Gasteiger charge is 2.37. The molecule has 0 aliphatic rings. The predicted molar refractivity (Wildman–Crippen MR) is 150 cm³/mol. The molecule has 0 saturated heterocycles. The number of nitrogens with one attached hydrogen (secondary N) is 2. The first-order valence-corrected chi connectivity index (χ1v) is 13.1. The molecular formula is C30H43N3O5. The zero-order chi connectivity index (χ0) is 28.6. The lowest BCUT2D eigenvalue weighted by Gasteiger charge is -2.35. The number of carbonyl (C=O) groups excluding carboxylic acids is 3. The van der Waals surface area contributed by atoms with Crippen LogP contribution in [0.2, 0.25) is 0 Å². The fourth-order valence-electron chi connectivity index (χ4n) is 4.24. The molecule has 8 nitrogen and oxygen atoms in total. The van der Waals surface area contributed by atoms with E-state index in [0.29, 0.717) is 17.7 Å². The smallest absolute Gasteiger partial charge is 0.408 e. The van der Waals surface area contributed by atoms with E-state index < -0.39 is 36.3 Å². The van der Waals surface area contributed by atoms with Crippen LogP contribution in [-0.4, -0.2) is 52.7 Å². The number of hydrogen-bond donors (Lipinski definition) is 3. The van der Waals surface area contributed by atoms with Crippen LogP contribution in [0.3, 0.4) is 0 Å². The average molecular weight is 526 g/mol. The Labute approximate surface area is 226 Å². The molecule has 208 valence electrons. The van der Waals surface area contributed by atoms with Gasteiger partial charge in [0.2, 0.25) is 5.91 Å². The minimum absolute atomic E-state index is 0.264. The Kier molecular flexibility index (Phi) is 10.9. The number of amides is 3. The lowest BCUT2D eigenvalue weighted by atomic mass is 9.95. The third-order valence-corrected chi connectivity index (χ3v) is 6.23. The second kappa shape index (κ2) is 13.4. The first kappa shape index (κ1) is 30.8. The lowest BCUT2D eigenvalue weighted by molar-refractivity contribution is -0.141. The van der Waals surface area contributed by atoms with Crippen molar-refractivity contribution in [1.29, 1.82) is 0 Å². The molecule has 2 aromatic rings. The van der Waals surface area contributed by atoms with E-state index in [2.05, 4.69) is 10.6 Å². The van der Waals surface area contributed by atoms with E-state index in [0.717, 1.165) is 28.7 Å². The lowest BCUT2D eigenvalue weighted by Crippen LogP contribution is -2.54. The number of benzene rings is 2. The topological polar surface area (TPSA) is 108 Å². The molecular weight excluding hydrogens is 482 g/mol. The number of para-hydroxylation sites is 1. The van der Waals surface area contributed by atoms with Gasteiger partial charge in [0.05, 0.1) is 6.61 Å². The highest BCUT2D eigenvalue weighted by Crippen LogP contribution is 2.30. The Morgan fingerprint density at radius 3 is 2.18 bits per heavy atom. The van der Waals surface area contributed by atoms with E-state index in [1.807, 2.05) is 71.0 Å². The molecule has 3 N–H and O–H groups in total. The minimum atomic E-state index is -1.28. The standard InChI is InChI=1S/C30H43N3O5/c1-9-10-16-33(28(36)24(18-34)31-29(37)38-30(6,7)8)26(23-17-19(2)14-15-20(23)3)27(35)32-25-21(4)12-11-13-22(25)5/h11-15,17,24,26,34H,9-10,16,18H2,1-8H3,(H,31,37)(H,32,35). The fraction of sp³-hybridized carbons (Fsp3) is 0.500. The summed E-state index contributed by atoms with van der Waals surface area (Å²) in [5.74, 6) is -0.927. The van der Waals surface area contributed by atoms with Crippen LogP contribution in [-0.2, 0) is 14.3 Å². The van der Waals surface area contributed by atoms with Crippen molar-refractivity contribution in [3.63, 3.8) is 0 Å². The number of nitrogens with zero attached hydrogens (tertiary/aromatic N) is 1. The van der Waals surface area contributed by atoms with Crippen LogP contribution in [0.5, 0.6) is 0 Å². The Bertz CT molecular complexity index is 1120. The number of anilines is 1. The van der Waals surface area contributed by atoms with Crippen molar-refractivity contribution in [3.05, 3.63) is 64.2 Å². The molecule has 0 aliphatic heterocycles. The second-order valence-electron chi connectivity index (χ2n) is 10.8. The van der Waals surface area contributed by atoms with E-state index in [1.165, 1.54) is 4.90 Å². The number of aliphatic hydroxyl groups excluding tert-OH is 1. The molecule has 2 aromatic carbocycles. The van der Waals surface area contributed by atoms with Crippen molar-refractivity contribution >= 4 is 23.6 Å². The van der Waals surface area contributed by atoms with Gasteiger partial charge in [0, 0.05) is 12.2 Å². The van der Waals surface area contributed by atoms with Crippen LogP contribution >= 0.6 is 0 Å². The van der Waals surface area contributed by atoms with Gasteiger partial charge < -0.3 is 25.4 Å². The van der Waals surface area contributed by atoms with Gasteiger partial charge in [-0.3, -0.25) is 9.59 Å². The number of carbonyl (C=O) groups is 3. The predicted octanol–water partition coefficient (Wildman–Crippen LogP) is 5.11. The van der Waals surface area contributed by atoms with Crippen molar-refractivity contribution in [1.82, 2.24) is 10.2 Å². The van der Waals surface area contributed by atoms with E-state index in [1.54, 1.807) is 20.8 Å². The zero-order valence-electron chi connectivity index (χ0n) is 24.0. The summed E-state index contributed by atoms with van der Waals surface area (Å²) >= 11 is 0. The molecule has 0 fully saturated rings. The van der Waals surface area contributed by atoms with E-state index in [4.69, 9.17) is 4.74 Å². The van der Waals surface area contributed by atoms with Gasteiger partial charge in [0.15, 0.2) is 0 Å². The normalized spacial score (nSPS) is 12.9. The van der Waals surface area contributed by atoms with Crippen LogP contribution in [0.1, 0.15) is 74.4 Å². The van der Waals surface area contributed by atoms with Crippen LogP contribution in [0.4, 0.5) is 10.5 Å². The van der Waals surface area contributed by atoms with Crippen LogP contribution < -0.4 is 10.6 Å². The molecule has 0 spiro atoms. The molecule has 0 saturated carbocycles. The summed E-state index contributed by atoms with van der Waals surface area (Å²) in [6.07, 6.45) is 0.600. The van der Waals surface area contributed by atoms with Crippen molar-refractivity contribution in [3.8, 4) is 0 Å². The number of aliphatic hydroxyl groups is 1. The first-order valence-electron chi connectivity index (χ1n) is 13.1. The molecule has 8 heteroatoms. The maximum Gasteiger partial charge on any atom is 0.408 e. The van der Waals surface area contributed by atoms with Crippen molar-refractivity contribution < 1.29 is 24.2 Å². The zero-order valence-corrected chi connectivity index (χ0v) is 24.0. The summed E-state index contributed by atoms with van der Waals surface area (Å²) in [5.41, 5.74) is 4.22. The van der Waals surface area contributed by atoms with Gasteiger partial charge >= 0.3 is 6.09 Å². The Hall–Kier alpha value is -3.39. The van der Waals surface area contributed by atoms with Gasteiger partial charge in [-0.1, -0.05) is 55.3 Å². The van der Waals surface area contributed by atoms with Gasteiger partial charge in [-0.2, -0.15) is 0 Å². The molecule has 0 bridgehead atoms. The first-order chi connectivity index (χ1) is 17.8. The van der Waals surface area contributed by atoms with Gasteiger partial charge in [-0.05, 0) is 77.1 Å². The molecule has 3 amide bonds. The fourth-order valence-corrected chi connectivity index (χ4v) is 4.24. The number of hydrogen-bond acceptors (Lipinski definition) is 5. The summed E-state index contributed by atoms with van der Waals surface area (Å²) in [4.78, 5) is 41.9. The van der Waals surface area contributed by atoms with Gasteiger partial charge in [-0.15, -0.1) is 0 Å². The summed E-state index contributed by atoms with van der Waals surface area (Å²) < 4.78 is 5.30. The SMILES string of the molecule is CCCCN(C(=O)C(CO)NC(=O)OC(C)(C)C)C(C(=O)Nc1c(C)cccc1C)c1cc(C)ccc1C. The molecule has 0 heterocycles. The minimum Gasteiger partial charge on any atom is -0.444 e. The molecule has 0 aliphatic carbocycles. The van der Waals surface area contributed by atoms with Crippen molar-refractivity contribution in [2.75, 3.05) is 18.5 Å². The third-order valence-electron chi connectivity index (χ3n) is 6.23. The number of ether oxygens (including phenoxy) is 1. The maximum absolute atomic E-state index is 14.0. The molecule has 2 unspecified atom stereocenters. The third kappa shape index (κ3) is 8.31. The van der Waals surface area contributed by atoms with Gasteiger partial charge in [0.1, 0.15) is 17.7 Å². The molecule has 38 heavy (non-hydrogen) atoms. The molecule has 0 aromatic heterocycles. The van der Waals surface area contributed by atoms with Crippen LogP contribution in [0.15, 0.2) is 36.4 Å². The Morgan fingerprint density at radius 1 is 1.00 bits per heavy atom. The highest BCUT2D eigenvalue weighted by atomic mass is 16.6. The van der Waals surface area contributed by atoms with E-state index in [-0.39, 0.29) is 12.5 Å². The molecule has 2 atom stereocenters. The van der Waals surface area contributed by atoms with Gasteiger partial charge in [-0.25, -0.2) is 4.79 Å². The molecule has 2 rings (SSSR count). The number of rotatable bonds is 10. The van der Waals surface area contributed by atoms with Crippen molar-refractivity contribution in [2.45, 2.75) is 85.9 Å². The Balaban J connectivity index is 2.57. The molecule has 0 radical (unpaired) electrons. The quantitative estimate of drug-likeness (QED) is 0.399. The van der Waals surface area contributed by atoms with E-state index >= 15 is 0 Å². The van der Waals surface area contributed by atoms with E-state index in [9.17, 15) is 19.5 Å². The van der Waals surface area contributed by atoms with Gasteiger partial charge in [0.25, 0.3) is 5.91 Å². The average Bonchev–Trinajstić information content (AvgIpc) is 2.82. The summed E-state index contributed by atoms with van der Waals surface area (Å²) in [6, 6.07) is 9.29. The Morgan fingerprint density at radius 2 is 1.63 bits per heavy atom.